The number of halogens is 7. The fourth-order valence-electron chi connectivity index (χ4n) is 0.697. The molecule has 0 aromatic heterocycles. The highest BCUT2D eigenvalue weighted by Crippen LogP contribution is 2.51. The summed E-state index contributed by atoms with van der Waals surface area (Å²) in [6, 6.07) is 0. The summed E-state index contributed by atoms with van der Waals surface area (Å²) in [5.41, 5.74) is 0.0407. The van der Waals surface area contributed by atoms with E-state index in [0.29, 0.717) is 0 Å². The molecule has 0 aromatic rings. The first-order chi connectivity index (χ1) is 5.92. The summed E-state index contributed by atoms with van der Waals surface area (Å²) in [6.45, 7) is 4.42. The third-order valence-electron chi connectivity index (χ3n) is 1.34. The van der Waals surface area contributed by atoms with E-state index in [4.69, 9.17) is 23.2 Å². The van der Waals surface area contributed by atoms with Crippen molar-refractivity contribution < 1.29 is 22.0 Å². The lowest BCUT2D eigenvalue weighted by molar-refractivity contribution is -0.287. The summed E-state index contributed by atoms with van der Waals surface area (Å²) in [5, 5.41) is 0. The van der Waals surface area contributed by atoms with Gasteiger partial charge in [0.2, 0.25) is 0 Å². The molecule has 0 atom stereocenters. The first-order valence-corrected chi connectivity index (χ1v) is 4.14. The maximum Gasteiger partial charge on any atom is 0.456 e. The average Bonchev–Trinajstić information content (AvgIpc) is 1.80. The highest BCUT2D eigenvalue weighted by atomic mass is 35.5. The molecule has 0 aliphatic rings. The Hall–Kier alpha value is -0.0300. The van der Waals surface area contributed by atoms with Gasteiger partial charge in [0.25, 0.3) is 0 Å². The summed E-state index contributed by atoms with van der Waals surface area (Å²) in [4.78, 5) is 0. The normalized spacial score (nSPS) is 14.3. The maximum atomic E-state index is 12.6. The van der Waals surface area contributed by atoms with Crippen LogP contribution in [0.2, 0.25) is 0 Å². The van der Waals surface area contributed by atoms with E-state index in [9.17, 15) is 22.0 Å². The predicted molar refractivity (Wildman–Crippen MR) is 44.9 cm³/mol. The molecule has 0 heterocycles. The average molecular weight is 257 g/mol. The van der Waals surface area contributed by atoms with Crippen LogP contribution in [0.15, 0.2) is 12.2 Å². The van der Waals surface area contributed by atoms with Crippen molar-refractivity contribution in [3.63, 3.8) is 0 Å². The van der Waals surface area contributed by atoms with Gasteiger partial charge < -0.3 is 0 Å². The Morgan fingerprint density at radius 3 is 1.71 bits per heavy atom. The van der Waals surface area contributed by atoms with Crippen LogP contribution in [0.3, 0.4) is 0 Å². The van der Waals surface area contributed by atoms with E-state index >= 15 is 0 Å². The van der Waals surface area contributed by atoms with Crippen molar-refractivity contribution in [2.75, 3.05) is 0 Å². The Balaban J connectivity index is 4.97. The van der Waals surface area contributed by atoms with E-state index in [0.717, 1.165) is 0 Å². The van der Waals surface area contributed by atoms with Gasteiger partial charge in [-0.2, -0.15) is 22.0 Å². The van der Waals surface area contributed by atoms with E-state index in [1.807, 2.05) is 0 Å². The summed E-state index contributed by atoms with van der Waals surface area (Å²) in [7, 11) is 0. The number of alkyl halides is 7. The van der Waals surface area contributed by atoms with Crippen molar-refractivity contribution in [3.05, 3.63) is 12.2 Å². The van der Waals surface area contributed by atoms with Crippen LogP contribution in [0.5, 0.6) is 0 Å². The third kappa shape index (κ3) is 2.73. The minimum atomic E-state index is -5.77. The highest BCUT2D eigenvalue weighted by Gasteiger charge is 2.69. The van der Waals surface area contributed by atoms with Gasteiger partial charge in [0.15, 0.2) is 4.33 Å². The Bertz CT molecular complexity index is 231. The van der Waals surface area contributed by atoms with Crippen molar-refractivity contribution in [2.24, 2.45) is 0 Å². The van der Waals surface area contributed by atoms with Gasteiger partial charge in [-0.15, -0.1) is 6.58 Å². The Morgan fingerprint density at radius 1 is 1.14 bits per heavy atom. The van der Waals surface area contributed by atoms with Gasteiger partial charge in [-0.1, -0.05) is 28.8 Å². The highest BCUT2D eigenvalue weighted by molar-refractivity contribution is 6.49. The molecule has 0 unspecified atom stereocenters. The fraction of sp³-hybridized carbons (Fsp3) is 0.714. The molecule has 7 heteroatoms. The van der Waals surface area contributed by atoms with Gasteiger partial charge >= 0.3 is 12.1 Å². The van der Waals surface area contributed by atoms with Gasteiger partial charge in [-0.25, -0.2) is 0 Å². The minimum Gasteiger partial charge on any atom is -0.193 e. The monoisotopic (exact) mass is 256 g/mol. The molecular formula is C7H7Cl2F5. The molecule has 0 saturated carbocycles. The summed E-state index contributed by atoms with van der Waals surface area (Å²) in [6.07, 6.45) is -6.60. The molecule has 0 amide bonds. The first-order valence-electron chi connectivity index (χ1n) is 3.38. The van der Waals surface area contributed by atoms with Crippen LogP contribution in [0.1, 0.15) is 13.3 Å². The van der Waals surface area contributed by atoms with Crippen molar-refractivity contribution in [1.82, 2.24) is 0 Å². The first kappa shape index (κ1) is 14.0. The maximum absolute atomic E-state index is 12.6. The molecule has 0 aliphatic heterocycles. The van der Waals surface area contributed by atoms with E-state index in [1.165, 1.54) is 6.92 Å². The number of hydrogen-bond acceptors (Lipinski definition) is 0. The lowest BCUT2D eigenvalue weighted by atomic mass is 10.1. The van der Waals surface area contributed by atoms with Crippen molar-refractivity contribution in [2.45, 2.75) is 29.8 Å². The van der Waals surface area contributed by atoms with E-state index in [1.54, 1.807) is 0 Å². The van der Waals surface area contributed by atoms with Crippen LogP contribution in [0.25, 0.3) is 0 Å². The summed E-state index contributed by atoms with van der Waals surface area (Å²) in [5.74, 6) is -5.16. The SMILES string of the molecule is C=C(C)CC(Cl)(Cl)C(F)(F)C(F)(F)F. The smallest absolute Gasteiger partial charge is 0.193 e. The second-order valence-electron chi connectivity index (χ2n) is 2.91. The number of rotatable bonds is 3. The Morgan fingerprint density at radius 2 is 1.50 bits per heavy atom. The summed E-state index contributed by atoms with van der Waals surface area (Å²) < 4.78 is 57.6. The topological polar surface area (TPSA) is 0 Å². The third-order valence-corrected chi connectivity index (χ3v) is 2.08. The number of hydrogen-bond donors (Lipinski definition) is 0. The quantitative estimate of drug-likeness (QED) is 0.401. The predicted octanol–water partition coefficient (Wildman–Crippen LogP) is 4.32. The second-order valence-corrected chi connectivity index (χ2v) is 4.39. The van der Waals surface area contributed by atoms with Gasteiger partial charge in [0, 0.05) is 6.42 Å². The van der Waals surface area contributed by atoms with Crippen LogP contribution in [-0.2, 0) is 0 Å². The zero-order valence-electron chi connectivity index (χ0n) is 7.06. The molecule has 0 radical (unpaired) electrons. The van der Waals surface area contributed by atoms with Crippen LogP contribution >= 0.6 is 23.2 Å². The van der Waals surface area contributed by atoms with Crippen LogP contribution in [-0.4, -0.2) is 16.4 Å². The molecule has 14 heavy (non-hydrogen) atoms. The van der Waals surface area contributed by atoms with Crippen LogP contribution in [0, 0.1) is 0 Å². The van der Waals surface area contributed by atoms with Crippen molar-refractivity contribution in [3.8, 4) is 0 Å². The van der Waals surface area contributed by atoms with E-state index < -0.39 is 22.9 Å². The van der Waals surface area contributed by atoms with Crippen LogP contribution in [0.4, 0.5) is 22.0 Å². The molecule has 0 N–H and O–H groups in total. The zero-order valence-corrected chi connectivity index (χ0v) is 8.57. The Labute approximate surface area is 87.7 Å². The van der Waals surface area contributed by atoms with E-state index in [2.05, 4.69) is 6.58 Å². The number of allylic oxidation sites excluding steroid dienone is 1. The molecule has 0 rings (SSSR count). The van der Waals surface area contributed by atoms with Crippen LogP contribution < -0.4 is 0 Å². The lowest BCUT2D eigenvalue weighted by Gasteiger charge is -2.31. The van der Waals surface area contributed by atoms with Gasteiger partial charge in [0.05, 0.1) is 0 Å². The molecule has 0 saturated heterocycles. The van der Waals surface area contributed by atoms with Gasteiger partial charge in [0.1, 0.15) is 0 Å². The van der Waals surface area contributed by atoms with Crippen molar-refractivity contribution >= 4 is 23.2 Å². The van der Waals surface area contributed by atoms with Gasteiger partial charge in [-0.05, 0) is 6.92 Å². The molecule has 0 bridgehead atoms. The zero-order chi connectivity index (χ0) is 11.8. The molecule has 0 nitrogen and oxygen atoms in total. The lowest BCUT2D eigenvalue weighted by Crippen LogP contribution is -2.50. The molecule has 0 spiro atoms. The van der Waals surface area contributed by atoms with Crippen molar-refractivity contribution in [1.29, 1.82) is 0 Å². The second kappa shape index (κ2) is 3.85. The Kier molecular flexibility index (Phi) is 3.84. The fourth-order valence-corrected chi connectivity index (χ4v) is 1.37. The van der Waals surface area contributed by atoms with Gasteiger partial charge in [-0.3, -0.25) is 0 Å². The molecule has 0 fully saturated rings. The molecule has 0 aliphatic carbocycles. The standard InChI is InChI=1S/C7H7Cl2F5/c1-4(2)3-5(8,9)6(10,11)7(12,13)14/h1,3H2,2H3. The minimum absolute atomic E-state index is 0.0407. The van der Waals surface area contributed by atoms with E-state index in [-0.39, 0.29) is 5.57 Å². The summed E-state index contributed by atoms with van der Waals surface area (Å²) >= 11 is 9.88. The largest absolute Gasteiger partial charge is 0.456 e. The molecule has 84 valence electrons. The molecular weight excluding hydrogens is 250 g/mol. The molecule has 0 aromatic carbocycles.